The van der Waals surface area contributed by atoms with Gasteiger partial charge in [0.1, 0.15) is 12.2 Å². The highest BCUT2D eigenvalue weighted by Crippen LogP contribution is 2.45. The predicted octanol–water partition coefficient (Wildman–Crippen LogP) is 13.7. The lowest BCUT2D eigenvalue weighted by Gasteiger charge is -2.51. The molecule has 5 fully saturated rings. The largest absolute Gasteiger partial charge is 0.388 e. The molecule has 0 aromatic rings. The standard InChI is InChI=1S/C34H66O6.C28H52O6/c1-14-21(7)23(9)32-24(10)22(8)18-34(13,40-32)36-19-27(35)28(15-2)37-30(17-4)39-33-26(12)25(11)31(20(5)6)38-29(33)16-3;1-12-22-16(5)17(6)25(34-27-18(7)14(3)15(4)21(10)30-27)28(32-22)33-24-19(8)23(13-2)31-26(29-11)20(24)9/h20-33,35H,14-19H2,1-13H3;14-28H,12-13H2,1-11H3/t21-,22-,23-,24-,25?,26-,27-,28?,29?,30+,31+,32?,33+,34+;14-,15-,16+,17-,18?,19-,20?,21?,22?,23?,24-,25?,26+,27-,28-/m10/s1. The zero-order valence-electron chi connectivity index (χ0n) is 51.8. The van der Waals surface area contributed by atoms with Crippen molar-refractivity contribution in [1.82, 2.24) is 0 Å². The Labute approximate surface area is 454 Å². The Balaban J connectivity index is 0.000000324. The topological polar surface area (TPSA) is 122 Å². The van der Waals surface area contributed by atoms with Crippen LogP contribution in [0.5, 0.6) is 0 Å². The van der Waals surface area contributed by atoms with Crippen LogP contribution < -0.4 is 0 Å². The monoisotopic (exact) mass is 1050 g/mol. The first-order valence-corrected chi connectivity index (χ1v) is 30.5. The summed E-state index contributed by atoms with van der Waals surface area (Å²) in [6, 6.07) is 0. The fourth-order valence-electron chi connectivity index (χ4n) is 13.3. The third kappa shape index (κ3) is 15.9. The fraction of sp³-hybridized carbons (Fsp3) is 1.00. The summed E-state index contributed by atoms with van der Waals surface area (Å²) in [4.78, 5) is 0. The van der Waals surface area contributed by atoms with Gasteiger partial charge in [-0.3, -0.25) is 0 Å². The van der Waals surface area contributed by atoms with E-state index in [9.17, 15) is 5.11 Å². The van der Waals surface area contributed by atoms with Crippen LogP contribution in [-0.4, -0.2) is 117 Å². The van der Waals surface area contributed by atoms with Crippen molar-refractivity contribution in [3.05, 3.63) is 0 Å². The van der Waals surface area contributed by atoms with Crippen molar-refractivity contribution in [2.75, 3.05) is 13.7 Å². The maximum atomic E-state index is 11.2. The van der Waals surface area contributed by atoms with Crippen LogP contribution in [0.3, 0.4) is 0 Å². The molecular formula is C62H118O12. The number of ether oxygens (including phenoxy) is 11. The summed E-state index contributed by atoms with van der Waals surface area (Å²) in [5.74, 6) is 4.82. The molecule has 0 aromatic carbocycles. The molecule has 0 radical (unpaired) electrons. The number of methoxy groups -OCH3 is 1. The van der Waals surface area contributed by atoms with Gasteiger partial charge in [-0.1, -0.05) is 152 Å². The molecular weight excluding hydrogens is 937 g/mol. The molecule has 0 spiro atoms. The first-order chi connectivity index (χ1) is 34.8. The van der Waals surface area contributed by atoms with Crippen molar-refractivity contribution in [3.63, 3.8) is 0 Å². The van der Waals surface area contributed by atoms with Crippen LogP contribution in [-0.2, 0) is 52.1 Å². The maximum absolute atomic E-state index is 11.2. The maximum Gasteiger partial charge on any atom is 0.184 e. The Morgan fingerprint density at radius 2 is 1.12 bits per heavy atom. The lowest BCUT2D eigenvalue weighted by Crippen LogP contribution is -2.58. The molecule has 10 unspecified atom stereocenters. The number of hydrogen-bond donors (Lipinski definition) is 1. The Morgan fingerprint density at radius 1 is 0.541 bits per heavy atom. The lowest BCUT2D eigenvalue weighted by molar-refractivity contribution is -0.360. The van der Waals surface area contributed by atoms with E-state index in [4.69, 9.17) is 52.1 Å². The van der Waals surface area contributed by atoms with Crippen LogP contribution in [0.2, 0.25) is 0 Å². The minimum Gasteiger partial charge on any atom is -0.388 e. The smallest absolute Gasteiger partial charge is 0.184 e. The summed E-state index contributed by atoms with van der Waals surface area (Å²) in [5, 5.41) is 11.2. The molecule has 5 rings (SSSR count). The predicted molar refractivity (Wildman–Crippen MR) is 296 cm³/mol. The Kier molecular flexibility index (Phi) is 26.6. The van der Waals surface area contributed by atoms with Gasteiger partial charge in [0.05, 0.1) is 61.5 Å². The van der Waals surface area contributed by atoms with E-state index in [1.807, 2.05) is 13.8 Å². The van der Waals surface area contributed by atoms with Crippen molar-refractivity contribution in [2.24, 2.45) is 82.9 Å². The van der Waals surface area contributed by atoms with Gasteiger partial charge in [0.25, 0.3) is 0 Å². The van der Waals surface area contributed by atoms with E-state index in [1.54, 1.807) is 7.11 Å². The van der Waals surface area contributed by atoms with Gasteiger partial charge in [-0.15, -0.1) is 0 Å². The average molecular weight is 1060 g/mol. The zero-order valence-corrected chi connectivity index (χ0v) is 51.8. The molecule has 5 aliphatic heterocycles. The van der Waals surface area contributed by atoms with E-state index < -0.39 is 24.5 Å². The number of aliphatic hydroxyl groups excluding tert-OH is 1. The van der Waals surface area contributed by atoms with Gasteiger partial charge in [-0.05, 0) is 111 Å². The summed E-state index contributed by atoms with van der Waals surface area (Å²) in [6.07, 6.45) is 4.13. The van der Waals surface area contributed by atoms with Gasteiger partial charge in [-0.25, -0.2) is 0 Å². The van der Waals surface area contributed by atoms with Gasteiger partial charge < -0.3 is 57.2 Å². The minimum atomic E-state index is -0.769. The van der Waals surface area contributed by atoms with Crippen LogP contribution in [0.15, 0.2) is 0 Å². The van der Waals surface area contributed by atoms with Crippen molar-refractivity contribution in [1.29, 1.82) is 0 Å². The molecule has 12 nitrogen and oxygen atoms in total. The average Bonchev–Trinajstić information content (AvgIpc) is 3.38. The van der Waals surface area contributed by atoms with E-state index in [-0.39, 0.29) is 98.0 Å². The lowest BCUT2D eigenvalue weighted by atomic mass is 9.74. The van der Waals surface area contributed by atoms with Gasteiger partial charge in [0.2, 0.25) is 0 Å². The number of hydrogen-bond acceptors (Lipinski definition) is 12. The van der Waals surface area contributed by atoms with Crippen LogP contribution in [0.1, 0.15) is 204 Å². The molecule has 5 aliphatic rings. The molecule has 29 atom stereocenters. The van der Waals surface area contributed by atoms with Crippen molar-refractivity contribution in [3.8, 4) is 0 Å². The van der Waals surface area contributed by atoms with E-state index in [0.717, 1.165) is 32.1 Å². The first-order valence-electron chi connectivity index (χ1n) is 30.5. The Bertz CT molecular complexity index is 1550. The molecule has 0 amide bonds. The first kappa shape index (κ1) is 66.0. The minimum absolute atomic E-state index is 0.0340. The molecule has 5 saturated heterocycles. The highest BCUT2D eigenvalue weighted by Gasteiger charge is 2.51. The summed E-state index contributed by atoms with van der Waals surface area (Å²) in [7, 11) is 1.71. The second-order valence-electron chi connectivity index (χ2n) is 25.5. The Morgan fingerprint density at radius 3 is 1.68 bits per heavy atom. The molecule has 0 aromatic heterocycles. The SMILES string of the molecule is CCC(O[C@H](CC)O[C@@H]1C(CC)O[C@@H](C(C)C)C(C)[C@H]1C)[C@H](O)CO[C@]1(C)C[C@@H](C)[C@@H](C)C([C@H](C)[C@H](C)CC)O1.CCC1O[C@@H](O[C@@H]2C(C)[C@H](OC)OC(CC)[C@@H]2C)C(O[C@@H]2OC(C)[C@@H](C)[C@H](C)C2C)[C@@H](C)[C@H]1C. The van der Waals surface area contributed by atoms with Crippen LogP contribution in [0.25, 0.3) is 0 Å². The van der Waals surface area contributed by atoms with Gasteiger partial charge >= 0.3 is 0 Å². The second-order valence-corrected chi connectivity index (χ2v) is 25.5. The van der Waals surface area contributed by atoms with Crippen molar-refractivity contribution in [2.45, 2.75) is 302 Å². The molecule has 12 heteroatoms. The number of rotatable bonds is 22. The van der Waals surface area contributed by atoms with Gasteiger partial charge in [0, 0.05) is 31.3 Å². The van der Waals surface area contributed by atoms with Crippen molar-refractivity contribution >= 4 is 0 Å². The molecule has 1 N–H and O–H groups in total. The van der Waals surface area contributed by atoms with Gasteiger partial charge in [-0.2, -0.15) is 0 Å². The Hall–Kier alpha value is -0.480. The molecule has 438 valence electrons. The second kappa shape index (κ2) is 29.8. The highest BCUT2D eigenvalue weighted by molar-refractivity contribution is 4.93. The third-order valence-electron chi connectivity index (χ3n) is 20.2. The molecule has 0 saturated carbocycles. The molecule has 5 heterocycles. The normalized spacial score (nSPS) is 45.2. The highest BCUT2D eigenvalue weighted by atomic mass is 16.7. The fourth-order valence-corrected chi connectivity index (χ4v) is 13.3. The van der Waals surface area contributed by atoms with Crippen molar-refractivity contribution < 1.29 is 57.2 Å². The van der Waals surface area contributed by atoms with E-state index in [2.05, 4.69) is 145 Å². The third-order valence-corrected chi connectivity index (χ3v) is 20.2. The van der Waals surface area contributed by atoms with E-state index in [1.165, 1.54) is 0 Å². The zero-order chi connectivity index (χ0) is 55.7. The summed E-state index contributed by atoms with van der Waals surface area (Å²) < 4.78 is 71.2. The molecule has 74 heavy (non-hydrogen) atoms. The summed E-state index contributed by atoms with van der Waals surface area (Å²) in [6.45, 7) is 51.3. The molecule has 0 aliphatic carbocycles. The quantitative estimate of drug-likeness (QED) is 0.104. The van der Waals surface area contributed by atoms with Crippen LogP contribution in [0.4, 0.5) is 0 Å². The number of aliphatic hydroxyl groups is 1. The van der Waals surface area contributed by atoms with Gasteiger partial charge in [0.15, 0.2) is 30.9 Å². The van der Waals surface area contributed by atoms with Crippen LogP contribution in [0, 0.1) is 82.9 Å². The summed E-state index contributed by atoms with van der Waals surface area (Å²) in [5.41, 5.74) is 0. The molecule has 0 bridgehead atoms. The van der Waals surface area contributed by atoms with E-state index >= 15 is 0 Å². The summed E-state index contributed by atoms with van der Waals surface area (Å²) >= 11 is 0. The van der Waals surface area contributed by atoms with Crippen LogP contribution >= 0.6 is 0 Å². The van der Waals surface area contributed by atoms with E-state index in [0.29, 0.717) is 77.9 Å².